The standard InChI is InChI=1S/C20H22BrClN4OS/c1-2-25-8-10-26(11-9-25)18-7-6-16(13-17(18)22)23-20(28)24-19(27)14-4-3-5-15(21)12-14/h3-7,12-13H,2,8-11H2,1H3,(H2,23,24,27,28). The normalized spacial score (nSPS) is 14.6. The van der Waals surface area contributed by atoms with Crippen LogP contribution in [-0.2, 0) is 0 Å². The molecule has 0 aromatic heterocycles. The lowest BCUT2D eigenvalue weighted by molar-refractivity contribution is 0.0977. The predicted octanol–water partition coefficient (Wildman–Crippen LogP) is 4.37. The Morgan fingerprint density at radius 1 is 1.18 bits per heavy atom. The third-order valence-corrected chi connectivity index (χ3v) is 5.68. The molecular formula is C20H22BrClN4OS. The van der Waals surface area contributed by atoms with Gasteiger partial charge in [-0.1, -0.05) is 40.5 Å². The van der Waals surface area contributed by atoms with E-state index in [2.05, 4.69) is 43.3 Å². The SMILES string of the molecule is CCN1CCN(c2ccc(NC(=S)NC(=O)c3cccc(Br)c3)cc2Cl)CC1. The molecule has 8 heteroatoms. The first-order valence-electron chi connectivity index (χ1n) is 9.11. The number of nitrogens with one attached hydrogen (secondary N) is 2. The van der Waals surface area contributed by atoms with Gasteiger partial charge in [-0.3, -0.25) is 10.1 Å². The first-order valence-corrected chi connectivity index (χ1v) is 10.7. The smallest absolute Gasteiger partial charge is 0.257 e. The van der Waals surface area contributed by atoms with Gasteiger partial charge in [0.05, 0.1) is 10.7 Å². The third kappa shape index (κ3) is 5.44. The van der Waals surface area contributed by atoms with Gasteiger partial charge in [0.15, 0.2) is 5.11 Å². The molecular weight excluding hydrogens is 460 g/mol. The molecule has 0 spiro atoms. The fourth-order valence-corrected chi connectivity index (χ4v) is 4.02. The summed E-state index contributed by atoms with van der Waals surface area (Å²) in [4.78, 5) is 17.0. The van der Waals surface area contributed by atoms with Crippen LogP contribution < -0.4 is 15.5 Å². The van der Waals surface area contributed by atoms with Crippen molar-refractivity contribution < 1.29 is 4.79 Å². The van der Waals surface area contributed by atoms with Crippen LogP contribution in [0.4, 0.5) is 11.4 Å². The molecule has 0 unspecified atom stereocenters. The number of carbonyl (C=O) groups excluding carboxylic acids is 1. The van der Waals surface area contributed by atoms with E-state index in [4.69, 9.17) is 23.8 Å². The van der Waals surface area contributed by atoms with Crippen LogP contribution in [0.5, 0.6) is 0 Å². The molecule has 2 aromatic carbocycles. The van der Waals surface area contributed by atoms with Crippen LogP contribution in [0.3, 0.4) is 0 Å². The Kier molecular flexibility index (Phi) is 7.29. The molecule has 2 aromatic rings. The number of piperazine rings is 1. The zero-order chi connectivity index (χ0) is 20.1. The number of thiocarbonyl (C=S) groups is 1. The van der Waals surface area contributed by atoms with E-state index in [1.54, 1.807) is 18.2 Å². The largest absolute Gasteiger partial charge is 0.368 e. The lowest BCUT2D eigenvalue weighted by atomic mass is 10.2. The minimum absolute atomic E-state index is 0.227. The van der Waals surface area contributed by atoms with Crippen LogP contribution in [0.1, 0.15) is 17.3 Å². The number of hydrogen-bond donors (Lipinski definition) is 2. The van der Waals surface area contributed by atoms with Crippen molar-refractivity contribution in [2.75, 3.05) is 42.9 Å². The lowest BCUT2D eigenvalue weighted by Crippen LogP contribution is -2.46. The summed E-state index contributed by atoms with van der Waals surface area (Å²) in [6.45, 7) is 7.26. The minimum Gasteiger partial charge on any atom is -0.368 e. The van der Waals surface area contributed by atoms with Crippen LogP contribution in [-0.4, -0.2) is 48.6 Å². The second-order valence-corrected chi connectivity index (χ2v) is 8.24. The van der Waals surface area contributed by atoms with Crippen molar-refractivity contribution in [3.63, 3.8) is 0 Å². The van der Waals surface area contributed by atoms with E-state index < -0.39 is 0 Å². The summed E-state index contributed by atoms with van der Waals surface area (Å²) in [6.07, 6.45) is 0. The van der Waals surface area contributed by atoms with Crippen LogP contribution in [0.25, 0.3) is 0 Å². The van der Waals surface area contributed by atoms with E-state index in [0.717, 1.165) is 48.6 Å². The Hall–Kier alpha value is -1.67. The van der Waals surface area contributed by atoms with Crippen molar-refractivity contribution in [1.82, 2.24) is 10.2 Å². The van der Waals surface area contributed by atoms with Crippen LogP contribution >= 0.6 is 39.7 Å². The van der Waals surface area contributed by atoms with Gasteiger partial charge >= 0.3 is 0 Å². The number of halogens is 2. The van der Waals surface area contributed by atoms with Crippen molar-refractivity contribution in [3.8, 4) is 0 Å². The second kappa shape index (κ2) is 9.69. The van der Waals surface area contributed by atoms with Crippen molar-refractivity contribution in [2.24, 2.45) is 0 Å². The maximum Gasteiger partial charge on any atom is 0.257 e. The van der Waals surface area contributed by atoms with Crippen molar-refractivity contribution in [3.05, 3.63) is 57.5 Å². The van der Waals surface area contributed by atoms with E-state index in [9.17, 15) is 4.79 Å². The van der Waals surface area contributed by atoms with E-state index >= 15 is 0 Å². The van der Waals surface area contributed by atoms with Gasteiger partial charge in [0.1, 0.15) is 0 Å². The highest BCUT2D eigenvalue weighted by atomic mass is 79.9. The first kappa shape index (κ1) is 21.0. The van der Waals surface area contributed by atoms with Gasteiger partial charge in [0.2, 0.25) is 0 Å². The molecule has 1 amide bonds. The average Bonchev–Trinajstić information content (AvgIpc) is 2.68. The van der Waals surface area contributed by atoms with Crippen LogP contribution in [0.15, 0.2) is 46.9 Å². The molecule has 1 saturated heterocycles. The van der Waals surface area contributed by atoms with Gasteiger partial charge in [-0.05, 0) is 55.2 Å². The summed E-state index contributed by atoms with van der Waals surface area (Å²) in [5.41, 5.74) is 2.28. The van der Waals surface area contributed by atoms with Crippen molar-refractivity contribution >= 4 is 62.1 Å². The summed E-state index contributed by atoms with van der Waals surface area (Å²) in [5.74, 6) is -0.268. The number of carbonyl (C=O) groups is 1. The molecule has 0 radical (unpaired) electrons. The maximum absolute atomic E-state index is 12.3. The molecule has 2 N–H and O–H groups in total. The highest BCUT2D eigenvalue weighted by Gasteiger charge is 2.18. The average molecular weight is 482 g/mol. The fraction of sp³-hybridized carbons (Fsp3) is 0.300. The molecule has 1 aliphatic heterocycles. The highest BCUT2D eigenvalue weighted by molar-refractivity contribution is 9.10. The molecule has 148 valence electrons. The second-order valence-electron chi connectivity index (χ2n) is 6.51. The van der Waals surface area contributed by atoms with Crippen molar-refractivity contribution in [2.45, 2.75) is 6.92 Å². The minimum atomic E-state index is -0.268. The van der Waals surface area contributed by atoms with Gasteiger partial charge < -0.3 is 15.1 Å². The summed E-state index contributed by atoms with van der Waals surface area (Å²) in [7, 11) is 0. The molecule has 1 heterocycles. The Balaban J connectivity index is 1.59. The topological polar surface area (TPSA) is 47.6 Å². The molecule has 0 aliphatic carbocycles. The molecule has 1 fully saturated rings. The van der Waals surface area contributed by atoms with Gasteiger partial charge in [-0.2, -0.15) is 0 Å². The summed E-state index contributed by atoms with van der Waals surface area (Å²) in [5, 5.41) is 6.59. The molecule has 0 atom stereocenters. The maximum atomic E-state index is 12.3. The predicted molar refractivity (Wildman–Crippen MR) is 124 cm³/mol. The Bertz CT molecular complexity index is 871. The molecule has 1 aliphatic rings. The number of likely N-dealkylation sites (N-methyl/N-ethyl adjacent to an activating group) is 1. The Labute approximate surface area is 184 Å². The van der Waals surface area contributed by atoms with Crippen LogP contribution in [0, 0.1) is 0 Å². The fourth-order valence-electron chi connectivity index (χ4n) is 3.11. The molecule has 3 rings (SSSR count). The number of benzene rings is 2. The molecule has 0 saturated carbocycles. The summed E-state index contributed by atoms with van der Waals surface area (Å²) >= 11 is 15.1. The van der Waals surface area contributed by atoms with E-state index in [0.29, 0.717) is 10.6 Å². The van der Waals surface area contributed by atoms with Gasteiger partial charge in [0.25, 0.3) is 5.91 Å². The quantitative estimate of drug-likeness (QED) is 0.635. The third-order valence-electron chi connectivity index (χ3n) is 4.68. The van der Waals surface area contributed by atoms with Crippen LogP contribution in [0.2, 0.25) is 5.02 Å². The first-order chi connectivity index (χ1) is 13.5. The van der Waals surface area contributed by atoms with Gasteiger partial charge in [-0.15, -0.1) is 0 Å². The number of amides is 1. The summed E-state index contributed by atoms with van der Waals surface area (Å²) in [6, 6.07) is 12.9. The molecule has 5 nitrogen and oxygen atoms in total. The highest BCUT2D eigenvalue weighted by Crippen LogP contribution is 2.29. The zero-order valence-corrected chi connectivity index (χ0v) is 18.7. The number of rotatable bonds is 4. The van der Waals surface area contributed by atoms with Crippen molar-refractivity contribution in [1.29, 1.82) is 0 Å². The summed E-state index contributed by atoms with van der Waals surface area (Å²) < 4.78 is 0.834. The van der Waals surface area contributed by atoms with E-state index in [1.165, 1.54) is 0 Å². The zero-order valence-electron chi connectivity index (χ0n) is 15.5. The molecule has 0 bridgehead atoms. The number of anilines is 2. The lowest BCUT2D eigenvalue weighted by Gasteiger charge is -2.36. The molecule has 28 heavy (non-hydrogen) atoms. The van der Waals surface area contributed by atoms with E-state index in [1.807, 2.05) is 24.3 Å². The monoisotopic (exact) mass is 480 g/mol. The Morgan fingerprint density at radius 2 is 1.93 bits per heavy atom. The number of hydrogen-bond acceptors (Lipinski definition) is 4. The van der Waals surface area contributed by atoms with Gasteiger partial charge in [0, 0.05) is 41.9 Å². The Morgan fingerprint density at radius 3 is 2.57 bits per heavy atom. The van der Waals surface area contributed by atoms with E-state index in [-0.39, 0.29) is 11.0 Å². The number of nitrogens with zero attached hydrogens (tertiary/aromatic N) is 2. The van der Waals surface area contributed by atoms with Gasteiger partial charge in [-0.25, -0.2) is 0 Å².